The third kappa shape index (κ3) is 2.69. The Hall–Kier alpha value is -1.72. The Morgan fingerprint density at radius 2 is 1.88 bits per heavy atom. The van der Waals surface area contributed by atoms with Crippen molar-refractivity contribution in [2.24, 2.45) is 5.92 Å². The van der Waals surface area contributed by atoms with Gasteiger partial charge < -0.3 is 0 Å². The summed E-state index contributed by atoms with van der Waals surface area (Å²) in [7, 11) is 0. The topological polar surface area (TPSA) is 87.7 Å². The van der Waals surface area contributed by atoms with Crippen molar-refractivity contribution in [1.29, 1.82) is 10.5 Å². The number of H-pyrrole nitrogens is 1. The van der Waals surface area contributed by atoms with E-state index < -0.39 is 0 Å². The van der Waals surface area contributed by atoms with Gasteiger partial charge in [0.1, 0.15) is 23.3 Å². The van der Waals surface area contributed by atoms with E-state index in [1.165, 1.54) is 11.8 Å². The van der Waals surface area contributed by atoms with Crippen LogP contribution < -0.4 is 10.7 Å². The van der Waals surface area contributed by atoms with Crippen molar-refractivity contribution in [3.05, 3.63) is 16.7 Å². The van der Waals surface area contributed by atoms with Crippen LogP contribution in [0, 0.1) is 28.6 Å². The molecule has 0 amide bonds. The lowest BCUT2D eigenvalue weighted by Crippen LogP contribution is -2.20. The van der Waals surface area contributed by atoms with Crippen LogP contribution in [0.1, 0.15) is 30.5 Å². The van der Waals surface area contributed by atoms with Crippen molar-refractivity contribution in [3.8, 4) is 12.1 Å². The summed E-state index contributed by atoms with van der Waals surface area (Å²) < 4.78 is 0. The van der Waals surface area contributed by atoms with Gasteiger partial charge in [-0.3, -0.25) is 5.73 Å². The summed E-state index contributed by atoms with van der Waals surface area (Å²) >= 11 is 1.43. The number of rotatable bonds is 3. The van der Waals surface area contributed by atoms with E-state index in [1.807, 2.05) is 20.1 Å². The quantitative estimate of drug-likeness (QED) is 0.824. The molecule has 1 aromatic rings. The molecule has 0 radical (unpaired) electrons. The van der Waals surface area contributed by atoms with Gasteiger partial charge in [0.15, 0.2) is 5.03 Å². The van der Waals surface area contributed by atoms with Gasteiger partial charge in [-0.2, -0.15) is 10.5 Å². The first-order chi connectivity index (χ1) is 8.04. The molecule has 0 aromatic carbocycles. The molecule has 0 spiro atoms. The molecule has 17 heavy (non-hydrogen) atoms. The fraction of sp³-hybridized carbons (Fsp3) is 0.417. The molecule has 4 nitrogen and oxygen atoms in total. The third-order valence-electron chi connectivity index (χ3n) is 2.39. The Balaban J connectivity index is 3.55. The zero-order valence-corrected chi connectivity index (χ0v) is 11.0. The molecule has 1 aromatic heterocycles. The number of aromatic amines is 1. The Labute approximate surface area is 105 Å². The van der Waals surface area contributed by atoms with Gasteiger partial charge in [-0.15, -0.1) is 0 Å². The second-order valence-corrected chi connectivity index (χ2v) is 4.94. The predicted molar refractivity (Wildman–Crippen MR) is 67.2 cm³/mol. The highest BCUT2D eigenvalue weighted by atomic mass is 32.2. The molecular weight excluding hydrogens is 232 g/mol. The fourth-order valence-electron chi connectivity index (χ4n) is 1.68. The average Bonchev–Trinajstić information content (AvgIpc) is 2.28. The lowest BCUT2D eigenvalue weighted by molar-refractivity contribution is -0.410. The molecular formula is C12H15N4S+. The normalized spacial score (nSPS) is 10.0. The summed E-state index contributed by atoms with van der Waals surface area (Å²) in [6, 6.07) is 4.24. The third-order valence-corrected chi connectivity index (χ3v) is 3.10. The minimum atomic E-state index is 0.339. The highest BCUT2D eigenvalue weighted by Gasteiger charge is 2.22. The summed E-state index contributed by atoms with van der Waals surface area (Å²) in [5.41, 5.74) is 7.50. The molecule has 1 rings (SSSR count). The van der Waals surface area contributed by atoms with Crippen molar-refractivity contribution in [1.82, 2.24) is 0 Å². The Morgan fingerprint density at radius 3 is 2.29 bits per heavy atom. The predicted octanol–water partition coefficient (Wildman–Crippen LogP) is 1.75. The van der Waals surface area contributed by atoms with Gasteiger partial charge in [0.05, 0.1) is 0 Å². The number of nitrogen functional groups attached to an aromatic ring is 1. The number of anilines is 1. The minimum absolute atomic E-state index is 0.339. The van der Waals surface area contributed by atoms with Crippen molar-refractivity contribution < 1.29 is 4.98 Å². The summed E-state index contributed by atoms with van der Waals surface area (Å²) in [5, 5.41) is 19.1. The molecule has 0 saturated carbocycles. The van der Waals surface area contributed by atoms with E-state index >= 15 is 0 Å². The Morgan fingerprint density at radius 1 is 1.29 bits per heavy atom. The van der Waals surface area contributed by atoms with E-state index in [9.17, 15) is 5.26 Å². The first-order valence-electron chi connectivity index (χ1n) is 5.26. The van der Waals surface area contributed by atoms with Crippen LogP contribution in [0.15, 0.2) is 5.03 Å². The molecule has 0 aliphatic rings. The van der Waals surface area contributed by atoms with Gasteiger partial charge in [-0.1, -0.05) is 25.6 Å². The van der Waals surface area contributed by atoms with Gasteiger partial charge >= 0.3 is 0 Å². The number of nitrogens with one attached hydrogen (secondary N) is 1. The largest absolute Gasteiger partial charge is 0.289 e. The molecule has 3 N–H and O–H groups in total. The molecule has 1 heterocycles. The minimum Gasteiger partial charge on any atom is -0.286 e. The van der Waals surface area contributed by atoms with Crippen LogP contribution in [-0.4, -0.2) is 6.26 Å². The average molecular weight is 247 g/mol. The molecule has 88 valence electrons. The van der Waals surface area contributed by atoms with E-state index in [0.717, 1.165) is 10.6 Å². The maximum Gasteiger partial charge on any atom is 0.289 e. The van der Waals surface area contributed by atoms with E-state index in [4.69, 9.17) is 11.0 Å². The maximum atomic E-state index is 9.22. The number of nitriles is 2. The van der Waals surface area contributed by atoms with Gasteiger partial charge in [-0.25, -0.2) is 4.98 Å². The second kappa shape index (κ2) is 5.56. The van der Waals surface area contributed by atoms with Gasteiger partial charge in [-0.05, 0) is 18.6 Å². The highest BCUT2D eigenvalue weighted by molar-refractivity contribution is 7.98. The summed E-state index contributed by atoms with van der Waals surface area (Å²) in [5.74, 6) is 0.706. The van der Waals surface area contributed by atoms with Crippen LogP contribution in [0.5, 0.6) is 0 Å². The van der Waals surface area contributed by atoms with Crippen LogP contribution in [0.25, 0.3) is 0 Å². The molecule has 0 unspecified atom stereocenters. The smallest absolute Gasteiger partial charge is 0.286 e. The number of nitrogens with two attached hydrogens (primary N) is 1. The number of pyridine rings is 1. The lowest BCUT2D eigenvalue weighted by atomic mass is 9.95. The molecule has 0 aliphatic heterocycles. The standard InChI is InChI=1S/C12H14N4S/c1-7(2)4-8-9(5-13)11(15)16-12(17-3)10(8)6-14/h7H,4H2,1-3H3,(H2,15,16)/p+1. The summed E-state index contributed by atoms with van der Waals surface area (Å²) in [6.45, 7) is 4.10. The number of thioether (sulfide) groups is 1. The van der Waals surface area contributed by atoms with E-state index in [1.54, 1.807) is 0 Å². The van der Waals surface area contributed by atoms with E-state index in [0.29, 0.717) is 29.3 Å². The highest BCUT2D eigenvalue weighted by Crippen LogP contribution is 2.26. The number of hydrogen-bond acceptors (Lipinski definition) is 4. The van der Waals surface area contributed by atoms with E-state index in [-0.39, 0.29) is 0 Å². The fourth-order valence-corrected chi connectivity index (χ4v) is 2.27. The maximum absolute atomic E-state index is 9.22. The zero-order valence-electron chi connectivity index (χ0n) is 10.2. The second-order valence-electron chi connectivity index (χ2n) is 4.12. The molecule has 0 atom stereocenters. The van der Waals surface area contributed by atoms with Crippen LogP contribution in [-0.2, 0) is 6.42 Å². The number of nitrogens with zero attached hydrogens (tertiary/aromatic N) is 2. The Bertz CT molecular complexity index is 509. The van der Waals surface area contributed by atoms with E-state index in [2.05, 4.69) is 17.1 Å². The van der Waals surface area contributed by atoms with Crippen molar-refractivity contribution >= 4 is 17.6 Å². The zero-order chi connectivity index (χ0) is 13.0. The Kier molecular flexibility index (Phi) is 4.37. The van der Waals surface area contributed by atoms with Gasteiger partial charge in [0, 0.05) is 5.56 Å². The summed E-state index contributed by atoms with van der Waals surface area (Å²) in [6.07, 6.45) is 2.55. The molecule has 0 saturated heterocycles. The SMILES string of the molecule is CSc1[nH+]c(N)c(C#N)c(CC(C)C)c1C#N. The van der Waals surface area contributed by atoms with Gasteiger partial charge in [0.25, 0.3) is 5.82 Å². The van der Waals surface area contributed by atoms with Crippen LogP contribution in [0.2, 0.25) is 0 Å². The van der Waals surface area contributed by atoms with Crippen molar-refractivity contribution in [2.75, 3.05) is 12.0 Å². The first-order valence-corrected chi connectivity index (χ1v) is 6.49. The van der Waals surface area contributed by atoms with Crippen molar-refractivity contribution in [2.45, 2.75) is 25.3 Å². The monoisotopic (exact) mass is 247 g/mol. The van der Waals surface area contributed by atoms with Crippen molar-refractivity contribution in [3.63, 3.8) is 0 Å². The van der Waals surface area contributed by atoms with Crippen LogP contribution in [0.4, 0.5) is 5.82 Å². The summed E-state index contributed by atoms with van der Waals surface area (Å²) in [4.78, 5) is 2.91. The lowest BCUT2D eigenvalue weighted by Gasteiger charge is -2.10. The first kappa shape index (κ1) is 13.3. The molecule has 5 heteroatoms. The van der Waals surface area contributed by atoms with Gasteiger partial charge in [0.2, 0.25) is 0 Å². The number of aromatic nitrogens is 1. The number of hydrogen-bond donors (Lipinski definition) is 1. The van der Waals surface area contributed by atoms with Crippen LogP contribution >= 0.6 is 11.8 Å². The molecule has 0 aliphatic carbocycles. The molecule has 0 fully saturated rings. The van der Waals surface area contributed by atoms with Crippen LogP contribution in [0.3, 0.4) is 0 Å². The molecule has 0 bridgehead atoms.